The summed E-state index contributed by atoms with van der Waals surface area (Å²) < 4.78 is 50.1. The van der Waals surface area contributed by atoms with Crippen LogP contribution in [0.3, 0.4) is 0 Å². The first kappa shape index (κ1) is 44.3. The van der Waals surface area contributed by atoms with E-state index in [4.69, 9.17) is 19.9 Å². The molecule has 0 radical (unpaired) electrons. The molecule has 0 bridgehead atoms. The van der Waals surface area contributed by atoms with Crippen LogP contribution in [-0.2, 0) is 28.9 Å². The number of amides is 2. The summed E-state index contributed by atoms with van der Waals surface area (Å²) in [6.07, 6.45) is 6.86. The van der Waals surface area contributed by atoms with Crippen molar-refractivity contribution in [3.05, 3.63) is 155 Å². The summed E-state index contributed by atoms with van der Waals surface area (Å²) in [7, 11) is 5.98. The number of carbonyl (C=O) groups is 4. The zero-order chi connectivity index (χ0) is 41.4. The van der Waals surface area contributed by atoms with Gasteiger partial charge in [-0.15, -0.1) is 0 Å². The fourth-order valence-electron chi connectivity index (χ4n) is 5.09. The van der Waals surface area contributed by atoms with Crippen molar-refractivity contribution in [1.29, 1.82) is 0 Å². The molecule has 6 rings (SSSR count). The van der Waals surface area contributed by atoms with Gasteiger partial charge in [0.1, 0.15) is 23.3 Å². The molecule has 2 N–H and O–H groups in total. The molecule has 0 heterocycles. The number of aliphatic carboxylic acids is 2. The second-order valence-corrected chi connectivity index (χ2v) is 12.5. The molecule has 2 aliphatic carbocycles. The van der Waals surface area contributed by atoms with Crippen molar-refractivity contribution in [2.75, 3.05) is 28.3 Å². The van der Waals surface area contributed by atoms with Gasteiger partial charge in [-0.1, -0.05) is 48.5 Å². The summed E-state index contributed by atoms with van der Waals surface area (Å²) >= 11 is 0. The molecule has 2 amide bonds. The van der Waals surface area contributed by atoms with Crippen molar-refractivity contribution < 1.29 is 56.6 Å². The van der Waals surface area contributed by atoms with E-state index in [-0.39, 0.29) is 58.8 Å². The Balaban J connectivity index is 0.000000201. The molecule has 0 aromatic heterocycles. The lowest BCUT2D eigenvalue weighted by molar-refractivity contribution is -0.170. The van der Waals surface area contributed by atoms with Crippen molar-refractivity contribution in [3.8, 4) is 0 Å². The highest BCUT2D eigenvalue weighted by Gasteiger charge is 2.45. The molecule has 4 unspecified atom stereocenters. The summed E-state index contributed by atoms with van der Waals surface area (Å²) in [6, 6.07) is 23.8. The van der Waals surface area contributed by atoms with Gasteiger partial charge in [0.2, 0.25) is 5.91 Å². The molecule has 4 aromatic rings. The van der Waals surface area contributed by atoms with E-state index in [2.05, 4.69) is 0 Å². The second-order valence-electron chi connectivity index (χ2n) is 12.5. The SMILES string of the molecule is CON(C)C(=O)/C=C/c1ccc(F)cc1.CON(C)C(=O)C1CC1c1ccc(F)cc1.O=C(O)/C=C/c1ccc(F)cc1.O=C(O)C1CC1c1ccc(F)cc1. The van der Waals surface area contributed by atoms with Gasteiger partial charge in [-0.05, 0) is 108 Å². The molecular weight excluding hydrogens is 736 g/mol. The van der Waals surface area contributed by atoms with Crippen LogP contribution in [-0.4, -0.2) is 72.4 Å². The van der Waals surface area contributed by atoms with E-state index < -0.39 is 11.9 Å². The Bertz CT molecular complexity index is 1950. The molecule has 0 aliphatic heterocycles. The van der Waals surface area contributed by atoms with Crippen molar-refractivity contribution in [2.45, 2.75) is 24.7 Å². The molecular formula is C42H42F4N2O8. The molecule has 4 aromatic carbocycles. The highest BCUT2D eigenvalue weighted by Crippen LogP contribution is 2.48. The Labute approximate surface area is 321 Å². The van der Waals surface area contributed by atoms with Gasteiger partial charge in [0.15, 0.2) is 0 Å². The molecule has 14 heteroatoms. The number of hydrogen-bond acceptors (Lipinski definition) is 6. The molecule has 4 atom stereocenters. The largest absolute Gasteiger partial charge is 0.481 e. The first-order valence-corrected chi connectivity index (χ1v) is 17.1. The van der Waals surface area contributed by atoms with Crippen molar-refractivity contribution in [3.63, 3.8) is 0 Å². The lowest BCUT2D eigenvalue weighted by Gasteiger charge is -2.13. The maximum Gasteiger partial charge on any atom is 0.328 e. The van der Waals surface area contributed by atoms with Crippen molar-refractivity contribution in [2.24, 2.45) is 11.8 Å². The van der Waals surface area contributed by atoms with Crippen LogP contribution in [0.5, 0.6) is 0 Å². The van der Waals surface area contributed by atoms with E-state index in [0.29, 0.717) is 12.0 Å². The first-order valence-electron chi connectivity index (χ1n) is 17.1. The summed E-state index contributed by atoms with van der Waals surface area (Å²) in [5.41, 5.74) is 3.37. The standard InChI is InChI=1S/C12H14FNO2.C11H12FNO2.C10H9FO2.C9H7FO2/c1-14(16-2)12(15)11-7-10(11)8-3-5-9(13)6-4-8;1-13(15-2)11(14)8-5-9-3-6-10(12)7-4-9;11-7-3-1-6(2-4-7)8-5-9(8)10(12)13;10-8-4-1-7(2-5-8)3-6-9(11)12/h3-6,10-11H,7H2,1-2H3;3-8H,1-2H3;1-4,8-9H,5H2,(H,12,13);1-6H,(H,11,12)/b;8-5+;;6-3+. The van der Waals surface area contributed by atoms with Gasteiger partial charge in [-0.25, -0.2) is 32.5 Å². The van der Waals surface area contributed by atoms with E-state index in [1.807, 2.05) is 0 Å². The Morgan fingerprint density at radius 2 is 0.929 bits per heavy atom. The predicted octanol–water partition coefficient (Wildman–Crippen LogP) is 7.75. The minimum Gasteiger partial charge on any atom is -0.481 e. The van der Waals surface area contributed by atoms with E-state index in [1.165, 1.54) is 99.1 Å². The van der Waals surface area contributed by atoms with Gasteiger partial charge in [-0.3, -0.25) is 24.1 Å². The van der Waals surface area contributed by atoms with E-state index >= 15 is 0 Å². The van der Waals surface area contributed by atoms with Crippen LogP contribution >= 0.6 is 0 Å². The van der Waals surface area contributed by atoms with Gasteiger partial charge in [0.05, 0.1) is 20.1 Å². The minimum atomic E-state index is -1.01. The normalized spacial score (nSPS) is 17.6. The number of carbonyl (C=O) groups excluding carboxylic acids is 2. The topological polar surface area (TPSA) is 134 Å². The number of hydrogen-bond donors (Lipinski definition) is 2. The molecule has 2 fully saturated rings. The zero-order valence-corrected chi connectivity index (χ0v) is 31.0. The Hall–Kier alpha value is -6.12. The zero-order valence-electron chi connectivity index (χ0n) is 31.0. The third kappa shape index (κ3) is 15.0. The lowest BCUT2D eigenvalue weighted by Crippen LogP contribution is -2.27. The third-order valence-corrected chi connectivity index (χ3v) is 8.56. The van der Waals surface area contributed by atoms with Crippen LogP contribution in [0.4, 0.5) is 17.6 Å². The highest BCUT2D eigenvalue weighted by atomic mass is 19.1. The molecule has 2 saturated carbocycles. The summed E-state index contributed by atoms with van der Waals surface area (Å²) in [6.45, 7) is 0. The number of carboxylic acid groups (broad SMARTS) is 2. The summed E-state index contributed by atoms with van der Waals surface area (Å²) in [4.78, 5) is 53.1. The van der Waals surface area contributed by atoms with Crippen LogP contribution in [0.2, 0.25) is 0 Å². The number of hydroxylamine groups is 4. The summed E-state index contributed by atoms with van der Waals surface area (Å²) in [5.74, 6) is -3.19. The predicted molar refractivity (Wildman–Crippen MR) is 200 cm³/mol. The Kier molecular flexibility index (Phi) is 17.1. The molecule has 0 saturated heterocycles. The molecule has 296 valence electrons. The molecule has 2 aliphatic rings. The van der Waals surface area contributed by atoms with Crippen LogP contribution in [0.1, 0.15) is 46.9 Å². The maximum atomic E-state index is 12.7. The van der Waals surface area contributed by atoms with E-state index in [1.54, 1.807) is 49.5 Å². The number of benzene rings is 4. The third-order valence-electron chi connectivity index (χ3n) is 8.56. The van der Waals surface area contributed by atoms with E-state index in [0.717, 1.165) is 34.3 Å². The lowest BCUT2D eigenvalue weighted by atomic mass is 10.1. The van der Waals surface area contributed by atoms with Crippen molar-refractivity contribution in [1.82, 2.24) is 10.1 Å². The number of carboxylic acids is 2. The van der Waals surface area contributed by atoms with Gasteiger partial charge in [0, 0.05) is 32.2 Å². The minimum absolute atomic E-state index is 0.0168. The number of rotatable bonds is 10. The van der Waals surface area contributed by atoms with E-state index in [9.17, 15) is 36.7 Å². The molecule has 0 spiro atoms. The quantitative estimate of drug-likeness (QED) is 0.0950. The van der Waals surface area contributed by atoms with Crippen LogP contribution < -0.4 is 0 Å². The van der Waals surface area contributed by atoms with Gasteiger partial charge < -0.3 is 10.2 Å². The van der Waals surface area contributed by atoms with Gasteiger partial charge >= 0.3 is 11.9 Å². The average Bonchev–Trinajstić information content (AvgIpc) is 4.13. The average molecular weight is 779 g/mol. The van der Waals surface area contributed by atoms with Crippen LogP contribution in [0.15, 0.2) is 109 Å². The number of likely N-dealkylation sites (N-methyl/N-ethyl adjacent to an activating group) is 1. The monoisotopic (exact) mass is 778 g/mol. The Morgan fingerprint density at radius 3 is 1.29 bits per heavy atom. The Morgan fingerprint density at radius 1 is 0.571 bits per heavy atom. The fraction of sp³-hybridized carbons (Fsp3) is 0.238. The summed E-state index contributed by atoms with van der Waals surface area (Å²) in [5, 5.41) is 19.3. The molecule has 10 nitrogen and oxygen atoms in total. The van der Waals surface area contributed by atoms with Crippen LogP contribution in [0, 0.1) is 35.1 Å². The van der Waals surface area contributed by atoms with Crippen molar-refractivity contribution >= 4 is 35.9 Å². The highest BCUT2D eigenvalue weighted by molar-refractivity contribution is 5.90. The van der Waals surface area contributed by atoms with Crippen LogP contribution in [0.25, 0.3) is 12.2 Å². The second kappa shape index (κ2) is 21.7. The van der Waals surface area contributed by atoms with Gasteiger partial charge in [0.25, 0.3) is 5.91 Å². The first-order chi connectivity index (χ1) is 26.6. The smallest absolute Gasteiger partial charge is 0.328 e. The fourth-order valence-corrected chi connectivity index (χ4v) is 5.09. The van der Waals surface area contributed by atoms with Gasteiger partial charge in [-0.2, -0.15) is 0 Å². The number of nitrogens with zero attached hydrogens (tertiary/aromatic N) is 2. The maximum absolute atomic E-state index is 12.7. The molecule has 56 heavy (non-hydrogen) atoms. The number of halogens is 4.